The van der Waals surface area contributed by atoms with Crippen LogP contribution >= 0.6 is 0 Å². The van der Waals surface area contributed by atoms with E-state index in [9.17, 15) is 13.6 Å². The van der Waals surface area contributed by atoms with Gasteiger partial charge in [-0.3, -0.25) is 4.90 Å². The second kappa shape index (κ2) is 10.8. The second-order valence-electron chi connectivity index (χ2n) is 9.71. The lowest BCUT2D eigenvalue weighted by Gasteiger charge is -2.38. The molecule has 8 heteroatoms. The van der Waals surface area contributed by atoms with E-state index in [0.29, 0.717) is 12.2 Å². The molecular formula is C29H31F2N3O3. The summed E-state index contributed by atoms with van der Waals surface area (Å²) >= 11 is 0. The fourth-order valence-corrected chi connectivity index (χ4v) is 4.90. The number of alkyl halides is 2. The number of likely N-dealkylation sites (tertiary alicyclic amines) is 1. The van der Waals surface area contributed by atoms with Crippen molar-refractivity contribution < 1.29 is 23.0 Å². The van der Waals surface area contributed by atoms with Gasteiger partial charge in [0.25, 0.3) is 5.92 Å². The molecule has 0 bridgehead atoms. The number of hydrogen-bond acceptors (Lipinski definition) is 4. The maximum absolute atomic E-state index is 13.8. The standard InChI is InChI=1S/C29H31F2N3O3/c1-29(30,31)23-8-5-9-24(17-23)32-28(35)34(19-21-6-3-2-4-7-21)25-12-14-33(15-13-25)18-22-10-11-26-27(16-22)37-20-36-26/h2-11,16-17,25H,12-15,18-20H2,1H3,(H,32,35). The van der Waals surface area contributed by atoms with Gasteiger partial charge in [-0.25, -0.2) is 13.6 Å². The molecular weight excluding hydrogens is 476 g/mol. The van der Waals surface area contributed by atoms with Crippen molar-refractivity contribution in [1.82, 2.24) is 9.80 Å². The fourth-order valence-electron chi connectivity index (χ4n) is 4.90. The van der Waals surface area contributed by atoms with Gasteiger partial charge >= 0.3 is 6.03 Å². The van der Waals surface area contributed by atoms with Crippen molar-refractivity contribution in [2.75, 3.05) is 25.2 Å². The summed E-state index contributed by atoms with van der Waals surface area (Å²) in [6.07, 6.45) is 1.63. The van der Waals surface area contributed by atoms with Gasteiger partial charge in [0.05, 0.1) is 0 Å². The molecule has 1 N–H and O–H groups in total. The SMILES string of the molecule is CC(F)(F)c1cccc(NC(=O)N(Cc2ccccc2)C2CCN(Cc3ccc4c(c3)OCO4)CC2)c1. The number of carbonyl (C=O) groups excluding carboxylic acids is 1. The fraction of sp³-hybridized carbons (Fsp3) is 0.345. The largest absolute Gasteiger partial charge is 0.454 e. The van der Waals surface area contributed by atoms with Crippen LogP contribution in [0.2, 0.25) is 0 Å². The number of benzene rings is 3. The number of piperidine rings is 1. The zero-order valence-electron chi connectivity index (χ0n) is 20.8. The zero-order chi connectivity index (χ0) is 25.8. The Morgan fingerprint density at radius 2 is 1.73 bits per heavy atom. The van der Waals surface area contributed by atoms with Crippen LogP contribution < -0.4 is 14.8 Å². The van der Waals surface area contributed by atoms with Crippen LogP contribution in [0.25, 0.3) is 0 Å². The van der Waals surface area contributed by atoms with E-state index in [-0.39, 0.29) is 24.4 Å². The highest BCUT2D eigenvalue weighted by molar-refractivity contribution is 5.89. The third-order valence-electron chi connectivity index (χ3n) is 6.92. The normalized spacial score (nSPS) is 16.0. The predicted molar refractivity (Wildman–Crippen MR) is 138 cm³/mol. The number of nitrogens with one attached hydrogen (secondary N) is 1. The molecule has 0 saturated carbocycles. The summed E-state index contributed by atoms with van der Waals surface area (Å²) in [5, 5.41) is 2.86. The van der Waals surface area contributed by atoms with E-state index in [1.165, 1.54) is 12.1 Å². The average Bonchev–Trinajstić information content (AvgIpc) is 3.36. The van der Waals surface area contributed by atoms with Crippen molar-refractivity contribution >= 4 is 11.7 Å². The molecule has 0 aromatic heterocycles. The molecule has 194 valence electrons. The summed E-state index contributed by atoms with van der Waals surface area (Å²) in [6.45, 7) is 4.04. The molecule has 2 amide bonds. The van der Waals surface area contributed by atoms with E-state index in [1.54, 1.807) is 12.1 Å². The number of rotatable bonds is 7. The van der Waals surface area contributed by atoms with E-state index >= 15 is 0 Å². The Hall–Kier alpha value is -3.65. The molecule has 3 aromatic carbocycles. The van der Waals surface area contributed by atoms with E-state index in [0.717, 1.165) is 62.0 Å². The monoisotopic (exact) mass is 507 g/mol. The van der Waals surface area contributed by atoms with Crippen LogP contribution in [0.1, 0.15) is 36.5 Å². The molecule has 5 rings (SSSR count). The minimum atomic E-state index is -2.98. The third kappa shape index (κ3) is 6.20. The molecule has 0 atom stereocenters. The van der Waals surface area contributed by atoms with Crippen molar-refractivity contribution in [2.24, 2.45) is 0 Å². The molecule has 37 heavy (non-hydrogen) atoms. The Morgan fingerprint density at radius 3 is 2.49 bits per heavy atom. The first-order valence-electron chi connectivity index (χ1n) is 12.6. The lowest BCUT2D eigenvalue weighted by Crippen LogP contribution is -2.48. The van der Waals surface area contributed by atoms with Gasteiger partial charge in [-0.15, -0.1) is 0 Å². The number of ether oxygens (including phenoxy) is 2. The van der Waals surface area contributed by atoms with E-state index < -0.39 is 5.92 Å². The molecule has 0 spiro atoms. The topological polar surface area (TPSA) is 54.0 Å². The highest BCUT2D eigenvalue weighted by Gasteiger charge is 2.29. The van der Waals surface area contributed by atoms with Crippen molar-refractivity contribution in [3.05, 3.63) is 89.5 Å². The van der Waals surface area contributed by atoms with Crippen LogP contribution in [-0.2, 0) is 19.0 Å². The van der Waals surface area contributed by atoms with Crippen LogP contribution in [0, 0.1) is 0 Å². The molecule has 1 fully saturated rings. The summed E-state index contributed by atoms with van der Waals surface area (Å²) < 4.78 is 38.6. The number of hydrogen-bond donors (Lipinski definition) is 1. The number of carbonyl (C=O) groups is 1. The van der Waals surface area contributed by atoms with Crippen LogP contribution in [0.3, 0.4) is 0 Å². The van der Waals surface area contributed by atoms with Crippen molar-refractivity contribution in [2.45, 2.75) is 44.8 Å². The van der Waals surface area contributed by atoms with Gasteiger partial charge in [-0.05, 0) is 48.2 Å². The minimum absolute atomic E-state index is 0.0315. The first-order chi connectivity index (χ1) is 17.8. The summed E-state index contributed by atoms with van der Waals surface area (Å²) in [5.41, 5.74) is 2.42. The maximum Gasteiger partial charge on any atom is 0.322 e. The smallest absolute Gasteiger partial charge is 0.322 e. The van der Waals surface area contributed by atoms with Crippen LogP contribution in [0.5, 0.6) is 11.5 Å². The van der Waals surface area contributed by atoms with Crippen molar-refractivity contribution in [3.8, 4) is 11.5 Å². The summed E-state index contributed by atoms with van der Waals surface area (Å²) in [4.78, 5) is 17.7. The molecule has 0 aliphatic carbocycles. The predicted octanol–water partition coefficient (Wildman–Crippen LogP) is 6.23. The van der Waals surface area contributed by atoms with Crippen molar-refractivity contribution in [1.29, 1.82) is 0 Å². The van der Waals surface area contributed by atoms with Gasteiger partial charge < -0.3 is 19.7 Å². The van der Waals surface area contributed by atoms with Gasteiger partial charge in [0.1, 0.15) is 0 Å². The maximum atomic E-state index is 13.8. The molecule has 2 heterocycles. The Labute approximate surface area is 215 Å². The third-order valence-corrected chi connectivity index (χ3v) is 6.92. The van der Waals surface area contributed by atoms with Crippen molar-refractivity contribution in [3.63, 3.8) is 0 Å². The molecule has 6 nitrogen and oxygen atoms in total. The zero-order valence-corrected chi connectivity index (χ0v) is 20.8. The highest BCUT2D eigenvalue weighted by atomic mass is 19.3. The number of halogens is 2. The van der Waals surface area contributed by atoms with Crippen LogP contribution in [0.4, 0.5) is 19.3 Å². The van der Waals surface area contributed by atoms with E-state index in [2.05, 4.69) is 16.3 Å². The Morgan fingerprint density at radius 1 is 0.973 bits per heavy atom. The minimum Gasteiger partial charge on any atom is -0.454 e. The summed E-state index contributed by atoms with van der Waals surface area (Å²) in [6, 6.07) is 21.5. The number of anilines is 1. The first kappa shape index (κ1) is 25.0. The Bertz CT molecular complexity index is 1220. The lowest BCUT2D eigenvalue weighted by atomic mass is 10.0. The van der Waals surface area contributed by atoms with Gasteiger partial charge in [-0.1, -0.05) is 48.5 Å². The first-order valence-corrected chi connectivity index (χ1v) is 12.6. The van der Waals surface area contributed by atoms with Gasteiger partial charge in [-0.2, -0.15) is 0 Å². The number of amides is 2. The van der Waals surface area contributed by atoms with Crippen LogP contribution in [-0.4, -0.2) is 41.8 Å². The molecule has 0 unspecified atom stereocenters. The van der Waals surface area contributed by atoms with Gasteiger partial charge in [0.2, 0.25) is 6.79 Å². The Kier molecular flexibility index (Phi) is 7.28. The number of nitrogens with zero attached hydrogens (tertiary/aromatic N) is 2. The van der Waals surface area contributed by atoms with Gasteiger partial charge in [0, 0.05) is 50.4 Å². The molecule has 1 saturated heterocycles. The van der Waals surface area contributed by atoms with Gasteiger partial charge in [0.15, 0.2) is 11.5 Å². The molecule has 0 radical (unpaired) electrons. The summed E-state index contributed by atoms with van der Waals surface area (Å²) in [7, 11) is 0. The molecule has 3 aromatic rings. The second-order valence-corrected chi connectivity index (χ2v) is 9.71. The number of fused-ring (bicyclic) bond motifs is 1. The van der Waals surface area contributed by atoms with E-state index in [4.69, 9.17) is 9.47 Å². The molecule has 2 aliphatic rings. The lowest BCUT2D eigenvalue weighted by molar-refractivity contribution is 0.0175. The van der Waals surface area contributed by atoms with E-state index in [1.807, 2.05) is 47.4 Å². The van der Waals surface area contributed by atoms with Crippen LogP contribution in [0.15, 0.2) is 72.8 Å². The quantitative estimate of drug-likeness (QED) is 0.412. The number of urea groups is 1. The summed E-state index contributed by atoms with van der Waals surface area (Å²) in [5.74, 6) is -1.42. The highest BCUT2D eigenvalue weighted by Crippen LogP contribution is 2.33. The Balaban J connectivity index is 1.26. The average molecular weight is 508 g/mol. The molecule has 2 aliphatic heterocycles.